The van der Waals surface area contributed by atoms with Gasteiger partial charge >= 0.3 is 6.01 Å². The predicted molar refractivity (Wildman–Crippen MR) is 165 cm³/mol. The van der Waals surface area contributed by atoms with Gasteiger partial charge in [-0.1, -0.05) is 18.1 Å². The van der Waals surface area contributed by atoms with Crippen molar-refractivity contribution in [3.8, 4) is 40.9 Å². The second-order valence-corrected chi connectivity index (χ2v) is 12.7. The molecule has 4 unspecified atom stereocenters. The zero-order valence-corrected chi connectivity index (χ0v) is 24.6. The van der Waals surface area contributed by atoms with E-state index in [0.29, 0.717) is 71.2 Å². The van der Waals surface area contributed by atoms with E-state index in [0.717, 1.165) is 32.2 Å². The first-order valence-corrected chi connectivity index (χ1v) is 15.5. The molecule has 4 fully saturated rings. The summed E-state index contributed by atoms with van der Waals surface area (Å²) in [5.74, 6) is 5.07. The van der Waals surface area contributed by atoms with Gasteiger partial charge in [-0.05, 0) is 55.8 Å². The number of rotatable bonds is 5. The zero-order chi connectivity index (χ0) is 30.7. The lowest BCUT2D eigenvalue weighted by molar-refractivity contribution is 0.107. The minimum absolute atomic E-state index is 0.0118. The fraction of sp³-hybridized carbons (Fsp3) is 0.412. The number of nitrogens with one attached hydrogen (secondary N) is 1. The van der Waals surface area contributed by atoms with Crippen LogP contribution in [0.25, 0.3) is 32.9 Å². The van der Waals surface area contributed by atoms with Gasteiger partial charge in [-0.25, -0.2) is 8.78 Å². The molecule has 2 N–H and O–H groups in total. The maximum atomic E-state index is 16.8. The summed E-state index contributed by atoms with van der Waals surface area (Å²) >= 11 is 0. The average molecular weight is 608 g/mol. The first-order chi connectivity index (χ1) is 21.9. The number of aromatic nitrogens is 3. The number of halogens is 2. The van der Waals surface area contributed by atoms with Crippen molar-refractivity contribution in [2.45, 2.75) is 55.9 Å². The maximum absolute atomic E-state index is 16.8. The van der Waals surface area contributed by atoms with Gasteiger partial charge in [0.05, 0.1) is 10.9 Å². The average Bonchev–Trinajstić information content (AvgIpc) is 3.68. The minimum atomic E-state index is -0.899. The molecule has 11 heteroatoms. The zero-order valence-electron chi connectivity index (χ0n) is 24.6. The first-order valence-electron chi connectivity index (χ1n) is 15.5. The molecular weight excluding hydrogens is 576 g/mol. The summed E-state index contributed by atoms with van der Waals surface area (Å²) in [6.45, 7) is 2.89. The maximum Gasteiger partial charge on any atom is 0.319 e. The van der Waals surface area contributed by atoms with Crippen LogP contribution in [0.4, 0.5) is 14.6 Å². The third-order valence-electron chi connectivity index (χ3n) is 9.86. The number of aromatic hydroxyl groups is 1. The number of hydrogen-bond acceptors (Lipinski definition) is 9. The van der Waals surface area contributed by atoms with Crippen LogP contribution in [0.1, 0.15) is 37.7 Å². The number of fused-ring (bicyclic) bond motifs is 5. The molecule has 4 atom stereocenters. The number of phenolic OH excluding ortho intramolecular Hbond substituents is 1. The Bertz CT molecular complexity index is 1940. The molecular formula is C34H31F2N7O2. The van der Waals surface area contributed by atoms with Gasteiger partial charge < -0.3 is 20.1 Å². The summed E-state index contributed by atoms with van der Waals surface area (Å²) < 4.78 is 37.6. The van der Waals surface area contributed by atoms with Crippen LogP contribution < -0.4 is 15.0 Å². The fourth-order valence-electron chi connectivity index (χ4n) is 7.93. The van der Waals surface area contributed by atoms with Crippen molar-refractivity contribution in [2.75, 3.05) is 37.7 Å². The molecule has 2 aromatic heterocycles. The van der Waals surface area contributed by atoms with E-state index < -0.39 is 17.5 Å². The molecule has 8 rings (SSSR count). The highest BCUT2D eigenvalue weighted by molar-refractivity contribution is 6.03. The molecule has 228 valence electrons. The van der Waals surface area contributed by atoms with Crippen LogP contribution in [0.5, 0.6) is 11.8 Å². The van der Waals surface area contributed by atoms with Crippen LogP contribution in [0, 0.1) is 29.0 Å². The Hall–Kier alpha value is -4.58. The molecule has 0 aliphatic carbocycles. The van der Waals surface area contributed by atoms with Crippen molar-refractivity contribution in [3.05, 3.63) is 47.9 Å². The van der Waals surface area contributed by atoms with Crippen molar-refractivity contribution in [1.29, 1.82) is 5.26 Å². The SMILES string of the molecule is N#CC#Cc1cccc2cc(O)cc(-c3ncc4c(N5CC6CCC(C5)N6)nc(OCC56CCCN5CC(F)C6)nc4c3F)c12. The van der Waals surface area contributed by atoms with Crippen LogP contribution in [0.3, 0.4) is 0 Å². The van der Waals surface area contributed by atoms with E-state index in [1.54, 1.807) is 30.5 Å². The van der Waals surface area contributed by atoms with Crippen LogP contribution in [0.2, 0.25) is 0 Å². The highest BCUT2D eigenvalue weighted by atomic mass is 19.1. The summed E-state index contributed by atoms with van der Waals surface area (Å²) in [5.41, 5.74) is 0.475. The molecule has 4 aliphatic rings. The monoisotopic (exact) mass is 607 g/mol. The number of phenols is 1. The minimum Gasteiger partial charge on any atom is -0.508 e. The van der Waals surface area contributed by atoms with Gasteiger partial charge in [0.1, 0.15) is 35.6 Å². The van der Waals surface area contributed by atoms with E-state index >= 15 is 4.39 Å². The van der Waals surface area contributed by atoms with E-state index in [1.165, 1.54) is 6.07 Å². The number of pyridine rings is 1. The summed E-state index contributed by atoms with van der Waals surface area (Å²) in [5, 5.41) is 25.0. The Balaban J connectivity index is 1.27. The second-order valence-electron chi connectivity index (χ2n) is 12.7. The lowest BCUT2D eigenvalue weighted by Crippen LogP contribution is -2.51. The van der Waals surface area contributed by atoms with Crippen molar-refractivity contribution in [1.82, 2.24) is 25.2 Å². The topological polar surface area (TPSA) is 110 Å². The highest BCUT2D eigenvalue weighted by Gasteiger charge is 2.49. The fourth-order valence-corrected chi connectivity index (χ4v) is 7.93. The lowest BCUT2D eigenvalue weighted by atomic mass is 9.95. The second kappa shape index (κ2) is 10.8. The Morgan fingerprint density at radius 1 is 1.16 bits per heavy atom. The molecule has 6 heterocycles. The van der Waals surface area contributed by atoms with E-state index in [9.17, 15) is 9.50 Å². The first kappa shape index (κ1) is 27.9. The molecule has 2 bridgehead atoms. The van der Waals surface area contributed by atoms with Crippen LogP contribution >= 0.6 is 0 Å². The molecule has 4 aromatic rings. The van der Waals surface area contributed by atoms with Crippen molar-refractivity contribution < 1.29 is 18.6 Å². The lowest BCUT2D eigenvalue weighted by Gasteiger charge is -2.34. The molecule has 45 heavy (non-hydrogen) atoms. The Kier molecular flexibility index (Phi) is 6.70. The number of alkyl halides is 1. The summed E-state index contributed by atoms with van der Waals surface area (Å²) in [7, 11) is 0. The Morgan fingerprint density at radius 2 is 2.00 bits per heavy atom. The molecule has 0 saturated carbocycles. The number of anilines is 1. The van der Waals surface area contributed by atoms with Gasteiger partial charge in [-0.3, -0.25) is 9.88 Å². The highest BCUT2D eigenvalue weighted by Crippen LogP contribution is 2.42. The van der Waals surface area contributed by atoms with E-state index in [4.69, 9.17) is 15.0 Å². The van der Waals surface area contributed by atoms with E-state index in [2.05, 4.69) is 36.9 Å². The molecule has 9 nitrogen and oxygen atoms in total. The smallest absolute Gasteiger partial charge is 0.319 e. The van der Waals surface area contributed by atoms with Crippen molar-refractivity contribution in [3.63, 3.8) is 0 Å². The van der Waals surface area contributed by atoms with Gasteiger partial charge in [0.25, 0.3) is 0 Å². The molecule has 2 aromatic carbocycles. The van der Waals surface area contributed by atoms with Crippen LogP contribution in [-0.2, 0) is 0 Å². The summed E-state index contributed by atoms with van der Waals surface area (Å²) in [6, 6.07) is 10.8. The van der Waals surface area contributed by atoms with Crippen molar-refractivity contribution >= 4 is 27.5 Å². The molecule has 0 radical (unpaired) electrons. The van der Waals surface area contributed by atoms with Gasteiger partial charge in [0, 0.05) is 66.8 Å². The summed E-state index contributed by atoms with van der Waals surface area (Å²) in [6.07, 6.45) is 5.02. The van der Waals surface area contributed by atoms with Gasteiger partial charge in [-0.15, -0.1) is 0 Å². The number of hydrogen-bond donors (Lipinski definition) is 2. The predicted octanol–water partition coefficient (Wildman–Crippen LogP) is 4.46. The molecule has 4 saturated heterocycles. The quantitative estimate of drug-likeness (QED) is 0.318. The van der Waals surface area contributed by atoms with Gasteiger partial charge in [0.15, 0.2) is 11.9 Å². The van der Waals surface area contributed by atoms with Crippen molar-refractivity contribution in [2.24, 2.45) is 0 Å². The van der Waals surface area contributed by atoms with E-state index in [1.807, 2.05) is 6.07 Å². The van der Waals surface area contributed by atoms with E-state index in [-0.39, 0.29) is 29.6 Å². The Morgan fingerprint density at radius 3 is 2.82 bits per heavy atom. The number of nitriles is 1. The standard InChI is InChI=1S/C34H31F2N7O2/c35-22-14-34(9-3-11-43(34)16-22)19-45-33-40-31-27(32(41-33)42-17-23-7-8-24(18-42)39-23)15-38-30(29(31)36)26-13-25(44)12-21-5-1-4-20(28(21)26)6-2-10-37/h1,4-5,12-13,15,22-24,39,44H,3,7-9,11,14,16-19H2. The van der Waals surface area contributed by atoms with Crippen LogP contribution in [0.15, 0.2) is 36.5 Å². The third-order valence-corrected chi connectivity index (χ3v) is 9.86. The molecule has 0 spiro atoms. The van der Waals surface area contributed by atoms with Crippen LogP contribution in [-0.4, -0.2) is 81.5 Å². The van der Waals surface area contributed by atoms with Gasteiger partial charge in [-0.2, -0.15) is 15.2 Å². The summed E-state index contributed by atoms with van der Waals surface area (Å²) in [4.78, 5) is 18.3. The Labute approximate surface area is 258 Å². The number of nitrogens with zero attached hydrogens (tertiary/aromatic N) is 6. The van der Waals surface area contributed by atoms with Gasteiger partial charge in [0.2, 0.25) is 0 Å². The largest absolute Gasteiger partial charge is 0.508 e. The third kappa shape index (κ3) is 4.78. The molecule has 4 aliphatic heterocycles. The number of benzene rings is 2. The number of ether oxygens (including phenoxy) is 1. The number of piperazine rings is 1. The molecule has 0 amide bonds. The normalized spacial score (nSPS) is 25.7.